The number of nitrogens with one attached hydrogen (secondary N) is 1. The number of nitrogens with zero attached hydrogens (tertiary/aromatic N) is 3. The number of rotatable bonds is 4. The van der Waals surface area contributed by atoms with Crippen LogP contribution in [0.3, 0.4) is 0 Å². The van der Waals surface area contributed by atoms with Crippen LogP contribution in [0.5, 0.6) is 0 Å². The van der Waals surface area contributed by atoms with E-state index in [1.807, 2.05) is 16.9 Å². The van der Waals surface area contributed by atoms with Gasteiger partial charge in [-0.25, -0.2) is 0 Å². The molecular formula is C20H27ClN4O. The second kappa shape index (κ2) is 8.23. The first kappa shape index (κ1) is 18.9. The lowest BCUT2D eigenvalue weighted by Gasteiger charge is -2.39. The fourth-order valence-electron chi connectivity index (χ4n) is 4.33. The normalized spacial score (nSPS) is 22.0. The summed E-state index contributed by atoms with van der Waals surface area (Å²) in [5.41, 5.74) is 0.863. The predicted molar refractivity (Wildman–Crippen MR) is 104 cm³/mol. The number of piperidine rings is 1. The molecule has 1 aromatic heterocycles. The molecule has 0 saturated carbocycles. The molecule has 140 valence electrons. The molecule has 26 heavy (non-hydrogen) atoms. The van der Waals surface area contributed by atoms with Gasteiger partial charge in [0.2, 0.25) is 0 Å². The standard InChI is InChI=1S/C20H26N4O.ClH/c25-19(20(8-11-21-12-9-20)24-13-4-10-22-24)23-14-7-18(16-23)15-17-5-2-1-3-6-17;/h1-6,10,13,18,21H,7-9,11-12,14-16H2;1H. The summed E-state index contributed by atoms with van der Waals surface area (Å²) in [5, 5.41) is 7.81. The summed E-state index contributed by atoms with van der Waals surface area (Å²) in [6.45, 7) is 3.47. The fraction of sp³-hybridized carbons (Fsp3) is 0.500. The van der Waals surface area contributed by atoms with E-state index >= 15 is 0 Å². The summed E-state index contributed by atoms with van der Waals surface area (Å²) in [7, 11) is 0. The number of carbonyl (C=O) groups excluding carboxylic acids is 1. The van der Waals surface area contributed by atoms with E-state index in [-0.39, 0.29) is 18.3 Å². The van der Waals surface area contributed by atoms with Crippen molar-refractivity contribution >= 4 is 18.3 Å². The topological polar surface area (TPSA) is 50.2 Å². The van der Waals surface area contributed by atoms with Crippen LogP contribution in [0.2, 0.25) is 0 Å². The van der Waals surface area contributed by atoms with Crippen molar-refractivity contribution in [2.45, 2.75) is 31.2 Å². The summed E-state index contributed by atoms with van der Waals surface area (Å²) in [4.78, 5) is 15.5. The van der Waals surface area contributed by atoms with Crippen molar-refractivity contribution < 1.29 is 4.79 Å². The summed E-state index contributed by atoms with van der Waals surface area (Å²) in [6.07, 6.45) is 7.50. The zero-order valence-electron chi connectivity index (χ0n) is 15.0. The number of halogens is 1. The van der Waals surface area contributed by atoms with Gasteiger partial charge in [0.25, 0.3) is 5.91 Å². The molecule has 0 aliphatic carbocycles. The van der Waals surface area contributed by atoms with Gasteiger partial charge in [0.15, 0.2) is 0 Å². The van der Waals surface area contributed by atoms with Crippen molar-refractivity contribution in [3.8, 4) is 0 Å². The number of hydrogen-bond donors (Lipinski definition) is 1. The van der Waals surface area contributed by atoms with E-state index in [2.05, 4.69) is 45.6 Å². The zero-order valence-corrected chi connectivity index (χ0v) is 15.8. The number of aromatic nitrogens is 2. The van der Waals surface area contributed by atoms with E-state index in [0.717, 1.165) is 51.9 Å². The highest BCUT2D eigenvalue weighted by Gasteiger charge is 2.45. The highest BCUT2D eigenvalue weighted by atomic mass is 35.5. The Kier molecular flexibility index (Phi) is 5.99. The third kappa shape index (κ3) is 3.64. The molecule has 1 unspecified atom stereocenters. The molecule has 3 heterocycles. The Bertz CT molecular complexity index is 698. The first-order valence-corrected chi connectivity index (χ1v) is 9.32. The van der Waals surface area contributed by atoms with E-state index in [1.165, 1.54) is 5.56 Å². The molecule has 5 nitrogen and oxygen atoms in total. The van der Waals surface area contributed by atoms with Crippen LogP contribution < -0.4 is 5.32 Å². The Balaban J connectivity index is 0.00000196. The molecule has 2 aliphatic rings. The zero-order chi connectivity index (χ0) is 17.1. The van der Waals surface area contributed by atoms with Crippen LogP contribution in [-0.4, -0.2) is 46.8 Å². The van der Waals surface area contributed by atoms with E-state index in [9.17, 15) is 4.79 Å². The number of likely N-dealkylation sites (tertiary alicyclic amines) is 1. The van der Waals surface area contributed by atoms with E-state index in [0.29, 0.717) is 5.92 Å². The molecule has 6 heteroatoms. The minimum atomic E-state index is -0.504. The van der Waals surface area contributed by atoms with Crippen molar-refractivity contribution in [1.29, 1.82) is 0 Å². The van der Waals surface area contributed by atoms with Crippen LogP contribution in [0.1, 0.15) is 24.8 Å². The Morgan fingerprint density at radius 3 is 2.65 bits per heavy atom. The van der Waals surface area contributed by atoms with Crippen molar-refractivity contribution in [2.75, 3.05) is 26.2 Å². The highest BCUT2D eigenvalue weighted by molar-refractivity contribution is 5.85. The highest BCUT2D eigenvalue weighted by Crippen LogP contribution is 2.32. The molecule has 2 saturated heterocycles. The van der Waals surface area contributed by atoms with Crippen LogP contribution in [-0.2, 0) is 16.8 Å². The van der Waals surface area contributed by atoms with Gasteiger partial charge in [0.1, 0.15) is 5.54 Å². The molecule has 2 aliphatic heterocycles. The lowest BCUT2D eigenvalue weighted by Crippen LogP contribution is -2.55. The van der Waals surface area contributed by atoms with Crippen LogP contribution in [0.25, 0.3) is 0 Å². The van der Waals surface area contributed by atoms with Crippen LogP contribution in [0.15, 0.2) is 48.8 Å². The molecule has 1 N–H and O–H groups in total. The van der Waals surface area contributed by atoms with Gasteiger partial charge in [0, 0.05) is 25.5 Å². The summed E-state index contributed by atoms with van der Waals surface area (Å²) < 4.78 is 1.90. The average Bonchev–Trinajstić information content (AvgIpc) is 3.35. The van der Waals surface area contributed by atoms with Crippen molar-refractivity contribution in [2.24, 2.45) is 5.92 Å². The van der Waals surface area contributed by atoms with E-state index < -0.39 is 5.54 Å². The van der Waals surface area contributed by atoms with Gasteiger partial charge in [-0.05, 0) is 56.3 Å². The molecule has 0 bridgehead atoms. The Hall–Kier alpha value is -1.85. The predicted octanol–water partition coefficient (Wildman–Crippen LogP) is 2.47. The monoisotopic (exact) mass is 374 g/mol. The van der Waals surface area contributed by atoms with E-state index in [4.69, 9.17) is 0 Å². The molecule has 1 aromatic carbocycles. The number of benzene rings is 1. The van der Waals surface area contributed by atoms with Gasteiger partial charge < -0.3 is 10.2 Å². The Morgan fingerprint density at radius 1 is 1.19 bits per heavy atom. The van der Waals surface area contributed by atoms with Crippen molar-refractivity contribution in [3.63, 3.8) is 0 Å². The molecule has 1 atom stereocenters. The molecule has 0 spiro atoms. The second-order valence-electron chi connectivity index (χ2n) is 7.33. The van der Waals surface area contributed by atoms with Crippen LogP contribution in [0, 0.1) is 5.92 Å². The van der Waals surface area contributed by atoms with Crippen LogP contribution >= 0.6 is 12.4 Å². The Morgan fingerprint density at radius 2 is 1.96 bits per heavy atom. The van der Waals surface area contributed by atoms with Crippen molar-refractivity contribution in [1.82, 2.24) is 20.0 Å². The van der Waals surface area contributed by atoms with Gasteiger partial charge in [-0.1, -0.05) is 30.3 Å². The SMILES string of the molecule is Cl.O=C(N1CCC(Cc2ccccc2)C1)C1(n2cccn2)CCNCC1. The third-order valence-corrected chi connectivity index (χ3v) is 5.71. The minimum absolute atomic E-state index is 0. The van der Waals surface area contributed by atoms with Crippen molar-refractivity contribution in [3.05, 3.63) is 54.4 Å². The maximum atomic E-state index is 13.5. The summed E-state index contributed by atoms with van der Waals surface area (Å²) in [6, 6.07) is 12.5. The van der Waals surface area contributed by atoms with Crippen LogP contribution in [0.4, 0.5) is 0 Å². The smallest absolute Gasteiger partial charge is 0.250 e. The largest absolute Gasteiger partial charge is 0.340 e. The first-order chi connectivity index (χ1) is 12.3. The van der Waals surface area contributed by atoms with Gasteiger partial charge >= 0.3 is 0 Å². The maximum absolute atomic E-state index is 13.5. The maximum Gasteiger partial charge on any atom is 0.250 e. The molecule has 2 aromatic rings. The fourth-order valence-corrected chi connectivity index (χ4v) is 4.33. The van der Waals surface area contributed by atoms with Gasteiger partial charge in [-0.15, -0.1) is 12.4 Å². The average molecular weight is 375 g/mol. The van der Waals surface area contributed by atoms with Gasteiger partial charge in [-0.2, -0.15) is 5.10 Å². The first-order valence-electron chi connectivity index (χ1n) is 9.32. The molecule has 1 amide bonds. The molecule has 4 rings (SSSR count). The molecular weight excluding hydrogens is 348 g/mol. The summed E-state index contributed by atoms with van der Waals surface area (Å²) in [5.74, 6) is 0.816. The molecule has 0 radical (unpaired) electrons. The minimum Gasteiger partial charge on any atom is -0.340 e. The quantitative estimate of drug-likeness (QED) is 0.894. The second-order valence-corrected chi connectivity index (χ2v) is 7.33. The lowest BCUT2D eigenvalue weighted by molar-refractivity contribution is -0.142. The van der Waals surface area contributed by atoms with E-state index in [1.54, 1.807) is 6.20 Å². The lowest BCUT2D eigenvalue weighted by atomic mass is 9.87. The number of hydrogen-bond acceptors (Lipinski definition) is 3. The summed E-state index contributed by atoms with van der Waals surface area (Å²) >= 11 is 0. The molecule has 2 fully saturated rings. The Labute approximate surface area is 161 Å². The van der Waals surface area contributed by atoms with Gasteiger partial charge in [-0.3, -0.25) is 9.48 Å². The van der Waals surface area contributed by atoms with Gasteiger partial charge in [0.05, 0.1) is 0 Å². The number of carbonyl (C=O) groups is 1. The number of amides is 1. The third-order valence-electron chi connectivity index (χ3n) is 5.71.